The second-order valence-corrected chi connectivity index (χ2v) is 6.29. The minimum Gasteiger partial charge on any atom is -0.504 e. The topological polar surface area (TPSA) is 82.4 Å². The van der Waals surface area contributed by atoms with Gasteiger partial charge in [-0.15, -0.1) is 0 Å². The van der Waals surface area contributed by atoms with Crippen molar-refractivity contribution < 1.29 is 27.8 Å². The number of alkyl halides is 3. The van der Waals surface area contributed by atoms with Gasteiger partial charge in [-0.3, -0.25) is 4.79 Å². The zero-order valence-electron chi connectivity index (χ0n) is 14.5. The third kappa shape index (κ3) is 4.82. The number of aromatic hydroxyl groups is 1. The van der Waals surface area contributed by atoms with Crippen molar-refractivity contribution in [3.8, 4) is 23.3 Å². The summed E-state index contributed by atoms with van der Waals surface area (Å²) in [6.45, 7) is 0. The summed E-state index contributed by atoms with van der Waals surface area (Å²) in [6.07, 6.45) is -0.918. The summed E-state index contributed by atoms with van der Waals surface area (Å²) >= 11 is 0. The number of hydrogen-bond acceptors (Lipinski definition) is 4. The fraction of sp³-hybridized carbons (Fsp3) is 0.200. The molecule has 2 aromatic rings. The molecule has 0 aromatic heterocycles. The number of carbonyl (C=O) groups excluding carboxylic acids is 1. The highest BCUT2D eigenvalue weighted by Gasteiger charge is 2.30. The lowest BCUT2D eigenvalue weighted by molar-refractivity contribution is -0.137. The monoisotopic (exact) mass is 388 g/mol. The first-order valence-corrected chi connectivity index (χ1v) is 8.37. The third-order valence-corrected chi connectivity index (χ3v) is 4.02. The van der Waals surface area contributed by atoms with Crippen LogP contribution in [0.3, 0.4) is 0 Å². The zero-order chi connectivity index (χ0) is 20.3. The lowest BCUT2D eigenvalue weighted by Gasteiger charge is -2.11. The molecular weight excluding hydrogens is 373 g/mol. The molecule has 0 heterocycles. The number of carbonyl (C=O) groups is 1. The van der Waals surface area contributed by atoms with E-state index in [1.54, 1.807) is 6.08 Å². The Hall–Kier alpha value is -3.47. The number of phenolic OH excluding ortho intramolecular Hbond substituents is 1. The van der Waals surface area contributed by atoms with Crippen LogP contribution in [0.15, 0.2) is 54.1 Å². The highest BCUT2D eigenvalue weighted by molar-refractivity contribution is 6.06. The maximum Gasteiger partial charge on any atom is 0.416 e. The number of nitrogens with one attached hydrogen (secondary N) is 1. The van der Waals surface area contributed by atoms with Gasteiger partial charge in [0.05, 0.1) is 5.56 Å². The molecule has 28 heavy (non-hydrogen) atoms. The SMILES string of the molecule is N#CC(=CC1CC1)C(=O)Nc1ccc(Oc2ccc(C(F)(F)F)cc2)c(O)c1. The summed E-state index contributed by atoms with van der Waals surface area (Å²) in [4.78, 5) is 12.1. The Labute approximate surface area is 158 Å². The van der Waals surface area contributed by atoms with E-state index in [2.05, 4.69) is 5.32 Å². The predicted octanol–water partition coefficient (Wildman–Crippen LogP) is 5.00. The Morgan fingerprint density at radius 2 is 1.89 bits per heavy atom. The number of hydrogen-bond donors (Lipinski definition) is 2. The molecule has 1 aliphatic rings. The Morgan fingerprint density at radius 1 is 1.21 bits per heavy atom. The molecule has 0 atom stereocenters. The number of amides is 1. The normalized spacial score (nSPS) is 14.3. The van der Waals surface area contributed by atoms with Crippen LogP contribution < -0.4 is 10.1 Å². The summed E-state index contributed by atoms with van der Waals surface area (Å²) in [5.74, 6) is -0.521. The van der Waals surface area contributed by atoms with Crippen LogP contribution in [0.4, 0.5) is 18.9 Å². The van der Waals surface area contributed by atoms with Gasteiger partial charge in [0.2, 0.25) is 0 Å². The van der Waals surface area contributed by atoms with Gasteiger partial charge in [0.25, 0.3) is 5.91 Å². The molecule has 1 amide bonds. The van der Waals surface area contributed by atoms with Gasteiger partial charge in [0, 0.05) is 11.8 Å². The van der Waals surface area contributed by atoms with Crippen LogP contribution in [0.25, 0.3) is 0 Å². The first kappa shape index (κ1) is 19.3. The first-order valence-electron chi connectivity index (χ1n) is 8.37. The molecule has 0 radical (unpaired) electrons. The summed E-state index contributed by atoms with van der Waals surface area (Å²) < 4.78 is 43.1. The number of benzene rings is 2. The maximum atomic E-state index is 12.6. The summed E-state index contributed by atoms with van der Waals surface area (Å²) in [6, 6.07) is 9.90. The van der Waals surface area contributed by atoms with Crippen LogP contribution in [-0.2, 0) is 11.0 Å². The van der Waals surface area contributed by atoms with E-state index in [4.69, 9.17) is 10.00 Å². The second kappa shape index (κ2) is 7.64. The van der Waals surface area contributed by atoms with Gasteiger partial charge in [0.1, 0.15) is 17.4 Å². The molecule has 1 fully saturated rings. The molecule has 2 N–H and O–H groups in total. The first-order chi connectivity index (χ1) is 13.3. The minimum absolute atomic E-state index is 0.00628. The Balaban J connectivity index is 1.68. The molecular formula is C20H15F3N2O3. The molecule has 2 aromatic carbocycles. The lowest BCUT2D eigenvalue weighted by atomic mass is 10.2. The van der Waals surface area contributed by atoms with Crippen molar-refractivity contribution in [2.24, 2.45) is 5.92 Å². The van der Waals surface area contributed by atoms with Crippen molar-refractivity contribution in [1.29, 1.82) is 5.26 Å². The van der Waals surface area contributed by atoms with Crippen LogP contribution in [0.1, 0.15) is 18.4 Å². The van der Waals surface area contributed by atoms with Crippen LogP contribution in [0.5, 0.6) is 17.2 Å². The van der Waals surface area contributed by atoms with Gasteiger partial charge in [0.15, 0.2) is 11.5 Å². The molecule has 0 spiro atoms. The molecule has 3 rings (SSSR count). The van der Waals surface area contributed by atoms with Crippen LogP contribution >= 0.6 is 0 Å². The van der Waals surface area contributed by atoms with Crippen molar-refractivity contribution in [3.63, 3.8) is 0 Å². The van der Waals surface area contributed by atoms with Gasteiger partial charge in [-0.2, -0.15) is 18.4 Å². The van der Waals surface area contributed by atoms with E-state index in [-0.39, 0.29) is 34.4 Å². The standard InChI is InChI=1S/C20H15F3N2O3/c21-20(22,23)14-3-6-16(7-4-14)28-18-8-5-15(10-17(18)26)25-19(27)13(11-24)9-12-1-2-12/h3-10,12,26H,1-2H2,(H,25,27). The average molecular weight is 388 g/mol. The summed E-state index contributed by atoms with van der Waals surface area (Å²) in [7, 11) is 0. The van der Waals surface area contributed by atoms with Crippen molar-refractivity contribution in [1.82, 2.24) is 0 Å². The van der Waals surface area contributed by atoms with Crippen molar-refractivity contribution >= 4 is 11.6 Å². The number of anilines is 1. The fourth-order valence-electron chi connectivity index (χ4n) is 2.38. The largest absolute Gasteiger partial charge is 0.504 e. The second-order valence-electron chi connectivity index (χ2n) is 6.29. The van der Waals surface area contributed by atoms with Gasteiger partial charge in [-0.1, -0.05) is 6.08 Å². The zero-order valence-corrected chi connectivity index (χ0v) is 14.5. The molecule has 1 saturated carbocycles. The van der Waals surface area contributed by atoms with Gasteiger partial charge in [-0.05, 0) is 55.2 Å². The lowest BCUT2D eigenvalue weighted by Crippen LogP contribution is -2.13. The molecule has 8 heteroatoms. The number of allylic oxidation sites excluding steroid dienone is 1. The average Bonchev–Trinajstić information content (AvgIpc) is 3.46. The molecule has 0 bridgehead atoms. The quantitative estimate of drug-likeness (QED) is 0.558. The van der Waals surface area contributed by atoms with E-state index < -0.39 is 17.6 Å². The number of phenols is 1. The van der Waals surface area contributed by atoms with Gasteiger partial charge < -0.3 is 15.2 Å². The van der Waals surface area contributed by atoms with Crippen LogP contribution in [0, 0.1) is 17.2 Å². The van der Waals surface area contributed by atoms with Crippen LogP contribution in [-0.4, -0.2) is 11.0 Å². The third-order valence-electron chi connectivity index (χ3n) is 4.02. The van der Waals surface area contributed by atoms with Crippen LogP contribution in [0.2, 0.25) is 0 Å². The molecule has 0 aliphatic heterocycles. The number of nitrogens with zero attached hydrogens (tertiary/aromatic N) is 1. The van der Waals surface area contributed by atoms with E-state index in [0.717, 1.165) is 37.1 Å². The molecule has 144 valence electrons. The fourth-order valence-corrected chi connectivity index (χ4v) is 2.38. The summed E-state index contributed by atoms with van der Waals surface area (Å²) in [5, 5.41) is 21.6. The van der Waals surface area contributed by atoms with Crippen molar-refractivity contribution in [3.05, 3.63) is 59.7 Å². The molecule has 5 nitrogen and oxygen atoms in total. The number of rotatable bonds is 5. The molecule has 0 saturated heterocycles. The highest BCUT2D eigenvalue weighted by atomic mass is 19.4. The maximum absolute atomic E-state index is 12.6. The Morgan fingerprint density at radius 3 is 2.43 bits per heavy atom. The summed E-state index contributed by atoms with van der Waals surface area (Å²) in [5.41, 5.74) is -0.555. The van der Waals surface area contributed by atoms with Gasteiger partial charge in [-0.25, -0.2) is 0 Å². The Kier molecular flexibility index (Phi) is 5.27. The van der Waals surface area contributed by atoms with E-state index >= 15 is 0 Å². The number of halogens is 3. The van der Waals surface area contributed by atoms with Crippen molar-refractivity contribution in [2.45, 2.75) is 19.0 Å². The number of ether oxygens (including phenoxy) is 1. The Bertz CT molecular complexity index is 956. The van der Waals surface area contributed by atoms with E-state index in [1.807, 2.05) is 6.07 Å². The minimum atomic E-state index is -4.45. The van der Waals surface area contributed by atoms with E-state index in [9.17, 15) is 23.1 Å². The number of nitriles is 1. The van der Waals surface area contributed by atoms with E-state index in [0.29, 0.717) is 0 Å². The van der Waals surface area contributed by atoms with Gasteiger partial charge >= 0.3 is 6.18 Å². The molecule has 0 unspecified atom stereocenters. The predicted molar refractivity (Wildman–Crippen MR) is 94.7 cm³/mol. The van der Waals surface area contributed by atoms with E-state index in [1.165, 1.54) is 18.2 Å². The molecule has 1 aliphatic carbocycles. The smallest absolute Gasteiger partial charge is 0.416 e. The van der Waals surface area contributed by atoms with Crippen molar-refractivity contribution in [2.75, 3.05) is 5.32 Å². The highest BCUT2D eigenvalue weighted by Crippen LogP contribution is 2.35.